The number of hydrogen-bond donors (Lipinski definition) is 1. The summed E-state index contributed by atoms with van der Waals surface area (Å²) in [5, 5.41) is 3.40. The van der Waals surface area contributed by atoms with E-state index >= 15 is 0 Å². The van der Waals surface area contributed by atoms with Gasteiger partial charge in [0.15, 0.2) is 0 Å². The average molecular weight is 436 g/mol. The largest absolute Gasteiger partial charge is 0.379 e. The molecule has 1 N–H and O–H groups in total. The quantitative estimate of drug-likeness (QED) is 0.751. The van der Waals surface area contributed by atoms with Crippen LogP contribution in [0.4, 0.5) is 0 Å². The molecule has 142 valence electrons. The number of thiazole rings is 1. The van der Waals surface area contributed by atoms with Gasteiger partial charge < -0.3 is 10.1 Å². The molecular weight excluding hydrogens is 418 g/mol. The van der Waals surface area contributed by atoms with Crippen LogP contribution in [-0.2, 0) is 14.8 Å². The summed E-state index contributed by atoms with van der Waals surface area (Å²) in [6.45, 7) is 3.33. The van der Waals surface area contributed by atoms with Crippen LogP contribution in [-0.4, -0.2) is 62.2 Å². The second-order valence-corrected chi connectivity index (χ2v) is 10.4. The van der Waals surface area contributed by atoms with E-state index in [1.54, 1.807) is 13.0 Å². The maximum atomic E-state index is 12.4. The van der Waals surface area contributed by atoms with Crippen LogP contribution in [0.5, 0.6) is 0 Å². The van der Waals surface area contributed by atoms with Crippen molar-refractivity contribution in [1.29, 1.82) is 0 Å². The monoisotopic (exact) mass is 435 g/mol. The number of carbonyl (C=O) groups excluding carboxylic acids is 1. The molecule has 0 aliphatic carbocycles. The number of ether oxygens (including phenoxy) is 1. The van der Waals surface area contributed by atoms with Crippen molar-refractivity contribution in [2.75, 3.05) is 38.6 Å². The molecule has 1 aliphatic heterocycles. The fourth-order valence-electron chi connectivity index (χ4n) is 2.47. The van der Waals surface area contributed by atoms with E-state index in [2.05, 4.69) is 10.3 Å². The molecule has 1 fully saturated rings. The first-order valence-electron chi connectivity index (χ1n) is 7.94. The summed E-state index contributed by atoms with van der Waals surface area (Å²) in [6.07, 6.45) is 0. The van der Waals surface area contributed by atoms with E-state index in [4.69, 9.17) is 16.3 Å². The lowest BCUT2D eigenvalue weighted by Gasteiger charge is -2.26. The molecule has 2 aromatic rings. The molecule has 3 rings (SSSR count). The molecule has 1 amide bonds. The van der Waals surface area contributed by atoms with Crippen molar-refractivity contribution in [3.05, 3.63) is 27.0 Å². The predicted octanol–water partition coefficient (Wildman–Crippen LogP) is 2.23. The summed E-state index contributed by atoms with van der Waals surface area (Å²) in [5.74, 6) is -0.449. The molecule has 0 saturated carbocycles. The normalized spacial score (nSPS) is 15.9. The molecule has 11 heteroatoms. The Hall–Kier alpha value is -1.04. The minimum Gasteiger partial charge on any atom is -0.379 e. The van der Waals surface area contributed by atoms with Crippen molar-refractivity contribution in [3.63, 3.8) is 0 Å². The van der Waals surface area contributed by atoms with Crippen molar-refractivity contribution in [1.82, 2.24) is 14.6 Å². The summed E-state index contributed by atoms with van der Waals surface area (Å²) in [4.78, 5) is 18.2. The zero-order valence-electron chi connectivity index (χ0n) is 14.0. The van der Waals surface area contributed by atoms with Crippen molar-refractivity contribution in [2.24, 2.45) is 0 Å². The van der Waals surface area contributed by atoms with E-state index in [0.29, 0.717) is 41.2 Å². The van der Waals surface area contributed by atoms with Crippen LogP contribution in [0.2, 0.25) is 4.34 Å². The first-order valence-corrected chi connectivity index (χ1v) is 11.6. The molecule has 0 unspecified atom stereocenters. The number of carbonyl (C=O) groups is 1. The minimum absolute atomic E-state index is 0.0516. The number of nitrogens with zero attached hydrogens (tertiary/aromatic N) is 2. The molecule has 0 radical (unpaired) electrons. The maximum absolute atomic E-state index is 12.4. The highest BCUT2D eigenvalue weighted by atomic mass is 35.5. The van der Waals surface area contributed by atoms with Gasteiger partial charge in [-0.05, 0) is 19.1 Å². The van der Waals surface area contributed by atoms with Crippen molar-refractivity contribution < 1.29 is 17.9 Å². The van der Waals surface area contributed by atoms with Gasteiger partial charge in [-0.1, -0.05) is 11.6 Å². The highest BCUT2D eigenvalue weighted by Gasteiger charge is 2.24. The SMILES string of the molecule is Cc1nc(-c2ccc(Cl)s2)sc1C(=O)NCCS(=O)(=O)N1CCOCC1. The number of aryl methyl sites for hydroxylation is 1. The van der Waals surface area contributed by atoms with E-state index < -0.39 is 10.0 Å². The van der Waals surface area contributed by atoms with Crippen LogP contribution in [0, 0.1) is 6.92 Å². The zero-order valence-corrected chi connectivity index (χ0v) is 17.2. The molecule has 0 spiro atoms. The fraction of sp³-hybridized carbons (Fsp3) is 0.467. The molecule has 1 aliphatic rings. The third kappa shape index (κ3) is 4.62. The van der Waals surface area contributed by atoms with Crippen molar-refractivity contribution in [3.8, 4) is 9.88 Å². The Labute approximate surface area is 165 Å². The van der Waals surface area contributed by atoms with Crippen LogP contribution >= 0.6 is 34.3 Å². The molecule has 2 aromatic heterocycles. The lowest BCUT2D eigenvalue weighted by Crippen LogP contribution is -2.43. The number of halogens is 1. The number of morpholine rings is 1. The summed E-state index contributed by atoms with van der Waals surface area (Å²) in [6, 6.07) is 3.65. The Morgan fingerprint density at radius 3 is 2.73 bits per heavy atom. The maximum Gasteiger partial charge on any atom is 0.263 e. The zero-order chi connectivity index (χ0) is 18.7. The van der Waals surface area contributed by atoms with Gasteiger partial charge in [0.05, 0.1) is 33.9 Å². The number of thiophene rings is 1. The molecule has 1 saturated heterocycles. The van der Waals surface area contributed by atoms with Gasteiger partial charge in [-0.15, -0.1) is 22.7 Å². The summed E-state index contributed by atoms with van der Waals surface area (Å²) in [7, 11) is -3.39. The van der Waals surface area contributed by atoms with E-state index in [0.717, 1.165) is 9.88 Å². The molecule has 0 bridgehead atoms. The highest BCUT2D eigenvalue weighted by molar-refractivity contribution is 7.89. The number of aromatic nitrogens is 1. The average Bonchev–Trinajstić information content (AvgIpc) is 3.21. The number of rotatable bonds is 6. The first kappa shape index (κ1) is 19.7. The molecule has 3 heterocycles. The van der Waals surface area contributed by atoms with E-state index in [-0.39, 0.29) is 18.2 Å². The third-order valence-electron chi connectivity index (χ3n) is 3.80. The Morgan fingerprint density at radius 1 is 1.35 bits per heavy atom. The van der Waals surface area contributed by atoms with E-state index in [1.165, 1.54) is 27.0 Å². The van der Waals surface area contributed by atoms with Gasteiger partial charge >= 0.3 is 0 Å². The van der Waals surface area contributed by atoms with Crippen LogP contribution in [0.3, 0.4) is 0 Å². The Morgan fingerprint density at radius 2 is 2.08 bits per heavy atom. The second-order valence-electron chi connectivity index (χ2n) is 5.62. The topological polar surface area (TPSA) is 88.6 Å². The molecule has 0 aromatic carbocycles. The standard InChI is InChI=1S/C15H18ClN3O4S3/c1-10-13(25-15(18-10)11-2-3-12(16)24-11)14(20)17-4-9-26(21,22)19-5-7-23-8-6-19/h2-3H,4-9H2,1H3,(H,17,20). The van der Waals surface area contributed by atoms with Crippen LogP contribution in [0.1, 0.15) is 15.4 Å². The van der Waals surface area contributed by atoms with Gasteiger partial charge in [-0.2, -0.15) is 4.31 Å². The van der Waals surface area contributed by atoms with Crippen LogP contribution in [0.25, 0.3) is 9.88 Å². The van der Waals surface area contributed by atoms with Gasteiger partial charge in [-0.25, -0.2) is 13.4 Å². The summed E-state index contributed by atoms with van der Waals surface area (Å²) in [5.41, 5.74) is 0.614. The van der Waals surface area contributed by atoms with Gasteiger partial charge in [-0.3, -0.25) is 4.79 Å². The van der Waals surface area contributed by atoms with E-state index in [1.807, 2.05) is 6.07 Å². The van der Waals surface area contributed by atoms with Gasteiger partial charge in [0, 0.05) is 19.6 Å². The Kier molecular flexibility index (Phi) is 6.31. The van der Waals surface area contributed by atoms with Gasteiger partial charge in [0.1, 0.15) is 9.88 Å². The Balaban J connectivity index is 1.59. The Bertz CT molecular complexity index is 888. The van der Waals surface area contributed by atoms with Crippen molar-refractivity contribution >= 4 is 50.2 Å². The number of sulfonamides is 1. The summed E-state index contributed by atoms with van der Waals surface area (Å²) < 4.78 is 31.7. The van der Waals surface area contributed by atoms with Crippen LogP contribution < -0.4 is 5.32 Å². The molecule has 26 heavy (non-hydrogen) atoms. The first-order chi connectivity index (χ1) is 12.4. The van der Waals surface area contributed by atoms with E-state index in [9.17, 15) is 13.2 Å². The highest BCUT2D eigenvalue weighted by Crippen LogP contribution is 2.34. The second kappa shape index (κ2) is 8.32. The third-order valence-corrected chi connectivity index (χ3v) is 8.22. The summed E-state index contributed by atoms with van der Waals surface area (Å²) >= 11 is 8.61. The van der Waals surface area contributed by atoms with Gasteiger partial charge in [0.25, 0.3) is 5.91 Å². The number of nitrogens with one attached hydrogen (secondary N) is 1. The smallest absolute Gasteiger partial charge is 0.263 e. The predicted molar refractivity (Wildman–Crippen MR) is 104 cm³/mol. The van der Waals surface area contributed by atoms with Crippen LogP contribution in [0.15, 0.2) is 12.1 Å². The minimum atomic E-state index is -3.39. The molecular formula is C15H18ClN3O4S3. The lowest BCUT2D eigenvalue weighted by atomic mass is 10.3. The van der Waals surface area contributed by atoms with Gasteiger partial charge in [0.2, 0.25) is 10.0 Å². The number of hydrogen-bond acceptors (Lipinski definition) is 7. The lowest BCUT2D eigenvalue weighted by molar-refractivity contribution is 0.0730. The fourth-order valence-corrected chi connectivity index (χ4v) is 5.87. The van der Waals surface area contributed by atoms with Crippen molar-refractivity contribution in [2.45, 2.75) is 6.92 Å². The molecule has 0 atom stereocenters. The number of amides is 1. The molecule has 7 nitrogen and oxygen atoms in total.